The lowest BCUT2D eigenvalue weighted by Gasteiger charge is -2.28. The average Bonchev–Trinajstić information content (AvgIpc) is 3.35. The number of hydrogen-bond donors (Lipinski definition) is 2. The molecule has 0 radical (unpaired) electrons. The van der Waals surface area contributed by atoms with E-state index in [0.29, 0.717) is 12.3 Å². The van der Waals surface area contributed by atoms with Crippen LogP contribution in [0, 0.1) is 19.3 Å². The average molecular weight is 621 g/mol. The Morgan fingerprint density at radius 2 is 1.82 bits per heavy atom. The second-order valence-corrected chi connectivity index (χ2v) is 14.2. The van der Waals surface area contributed by atoms with Gasteiger partial charge in [-0.2, -0.15) is 0 Å². The van der Waals surface area contributed by atoms with E-state index in [1.807, 2.05) is 65.3 Å². The van der Waals surface area contributed by atoms with Gasteiger partial charge < -0.3 is 15.0 Å². The molecule has 0 spiro atoms. The van der Waals surface area contributed by atoms with Gasteiger partial charge in [0.05, 0.1) is 24.2 Å². The van der Waals surface area contributed by atoms with E-state index in [-0.39, 0.29) is 35.2 Å². The number of carbonyl (C=O) groups excluding carboxylic acids is 1. The van der Waals surface area contributed by atoms with Crippen molar-refractivity contribution in [2.45, 2.75) is 51.5 Å². The first-order chi connectivity index (χ1) is 20.7. The second-order valence-electron chi connectivity index (χ2n) is 12.4. The third-order valence-corrected chi connectivity index (χ3v) is 9.33. The van der Waals surface area contributed by atoms with E-state index in [2.05, 4.69) is 39.1 Å². The smallest absolute Gasteiger partial charge is 0.306 e. The summed E-state index contributed by atoms with van der Waals surface area (Å²) in [6, 6.07) is 16.7. The number of nitrogens with zero attached hydrogens (tertiary/aromatic N) is 4. The number of esters is 1. The van der Waals surface area contributed by atoms with Gasteiger partial charge in [0.15, 0.2) is 0 Å². The SMILES string of the molecule is CNc1ccccc1S(=O)(=O)NCc1cc(C(CC(=O)OCC(C)(C)CN(C)C)c2ccc3c(nnn3C)c2C)ccc1C. The third kappa shape index (κ3) is 7.64. The molecule has 0 fully saturated rings. The number of aromatic nitrogens is 3. The number of para-hydroxylation sites is 1. The quantitative estimate of drug-likeness (QED) is 0.206. The van der Waals surface area contributed by atoms with Crippen LogP contribution in [0.3, 0.4) is 0 Å². The predicted molar refractivity (Wildman–Crippen MR) is 174 cm³/mol. The molecule has 0 amide bonds. The van der Waals surface area contributed by atoms with Gasteiger partial charge in [0.25, 0.3) is 0 Å². The fourth-order valence-corrected chi connectivity index (χ4v) is 6.91. The van der Waals surface area contributed by atoms with Crippen LogP contribution in [0.4, 0.5) is 5.69 Å². The Hall–Kier alpha value is -3.80. The number of rotatable bonds is 13. The fraction of sp³-hybridized carbons (Fsp3) is 0.424. The zero-order valence-electron chi connectivity index (χ0n) is 26.9. The standard InChI is InChI=1S/C33H44N6O4S/c1-22-13-14-24(17-25(22)19-35-44(41,42)30-12-10-9-11-28(30)34-5)27(18-31(40)43-21-33(3,4)20-38(6)7)26-15-16-29-32(23(26)2)36-37-39(29)8/h9-17,27,34-35H,18-21H2,1-8H3. The number of hydrogen-bond acceptors (Lipinski definition) is 8. The maximum absolute atomic E-state index is 13.4. The highest BCUT2D eigenvalue weighted by Crippen LogP contribution is 2.35. The van der Waals surface area contributed by atoms with Crippen molar-refractivity contribution in [2.24, 2.45) is 12.5 Å². The van der Waals surface area contributed by atoms with E-state index < -0.39 is 10.0 Å². The van der Waals surface area contributed by atoms with Crippen molar-refractivity contribution >= 4 is 32.7 Å². The number of ether oxygens (including phenoxy) is 1. The van der Waals surface area contributed by atoms with Gasteiger partial charge in [-0.1, -0.05) is 55.5 Å². The summed E-state index contributed by atoms with van der Waals surface area (Å²) in [5.41, 5.74) is 6.52. The topological polar surface area (TPSA) is 118 Å². The molecule has 44 heavy (non-hydrogen) atoms. The van der Waals surface area contributed by atoms with Crippen LogP contribution in [-0.2, 0) is 33.1 Å². The van der Waals surface area contributed by atoms with Gasteiger partial charge in [0.2, 0.25) is 10.0 Å². The molecule has 4 rings (SSSR count). The van der Waals surface area contributed by atoms with Crippen molar-refractivity contribution in [3.63, 3.8) is 0 Å². The summed E-state index contributed by atoms with van der Waals surface area (Å²) in [6.07, 6.45) is 0.119. The van der Waals surface area contributed by atoms with Crippen molar-refractivity contribution in [1.82, 2.24) is 24.6 Å². The number of benzene rings is 3. The minimum Gasteiger partial charge on any atom is -0.465 e. The summed E-state index contributed by atoms with van der Waals surface area (Å²) < 4.78 is 36.8. The van der Waals surface area contributed by atoms with Crippen molar-refractivity contribution in [2.75, 3.05) is 39.6 Å². The van der Waals surface area contributed by atoms with E-state index in [0.717, 1.165) is 45.4 Å². The highest BCUT2D eigenvalue weighted by Gasteiger charge is 2.27. The van der Waals surface area contributed by atoms with Crippen LogP contribution < -0.4 is 10.0 Å². The molecule has 1 unspecified atom stereocenters. The molecule has 10 nitrogen and oxygen atoms in total. The number of sulfonamides is 1. The summed E-state index contributed by atoms with van der Waals surface area (Å²) >= 11 is 0. The van der Waals surface area contributed by atoms with Gasteiger partial charge in [-0.3, -0.25) is 4.79 Å². The molecule has 0 saturated carbocycles. The Balaban J connectivity index is 1.67. The van der Waals surface area contributed by atoms with Gasteiger partial charge >= 0.3 is 5.97 Å². The van der Waals surface area contributed by atoms with Crippen LogP contribution in [0.1, 0.15) is 54.0 Å². The summed E-state index contributed by atoms with van der Waals surface area (Å²) in [6.45, 7) is 9.27. The molecular weight excluding hydrogens is 576 g/mol. The van der Waals surface area contributed by atoms with Crippen molar-refractivity contribution in [1.29, 1.82) is 0 Å². The molecule has 236 valence electrons. The molecule has 0 saturated heterocycles. The largest absolute Gasteiger partial charge is 0.465 e. The minimum atomic E-state index is -3.79. The number of aryl methyl sites for hydroxylation is 3. The van der Waals surface area contributed by atoms with Crippen molar-refractivity contribution in [3.05, 3.63) is 82.4 Å². The maximum Gasteiger partial charge on any atom is 0.306 e. The second kappa shape index (κ2) is 13.5. The molecule has 4 aromatic rings. The van der Waals surface area contributed by atoms with Crippen molar-refractivity contribution < 1.29 is 17.9 Å². The summed E-state index contributed by atoms with van der Waals surface area (Å²) in [7, 11) is 3.75. The van der Waals surface area contributed by atoms with Crippen LogP contribution in [0.25, 0.3) is 11.0 Å². The van der Waals surface area contributed by atoms with E-state index in [9.17, 15) is 13.2 Å². The Kier molecular flexibility index (Phi) is 10.1. The Bertz CT molecular complexity index is 1750. The van der Waals surface area contributed by atoms with Gasteiger partial charge in [0.1, 0.15) is 10.4 Å². The molecule has 2 N–H and O–H groups in total. The third-order valence-electron chi connectivity index (χ3n) is 7.87. The molecule has 1 aromatic heterocycles. The molecule has 11 heteroatoms. The highest BCUT2D eigenvalue weighted by atomic mass is 32.2. The minimum absolute atomic E-state index is 0.0954. The van der Waals surface area contributed by atoms with Gasteiger partial charge in [0, 0.05) is 38.5 Å². The zero-order chi connectivity index (χ0) is 32.2. The summed E-state index contributed by atoms with van der Waals surface area (Å²) in [4.78, 5) is 15.6. The van der Waals surface area contributed by atoms with E-state index in [1.54, 1.807) is 36.0 Å². The molecule has 0 aliphatic carbocycles. The Morgan fingerprint density at radius 3 is 2.52 bits per heavy atom. The molecule has 3 aromatic carbocycles. The molecule has 0 aliphatic rings. The molecular formula is C33H44N6O4S. The van der Waals surface area contributed by atoms with Gasteiger partial charge in [-0.05, 0) is 74.0 Å². The first kappa shape index (κ1) is 33.1. The first-order valence-electron chi connectivity index (χ1n) is 14.7. The number of carbonyl (C=O) groups is 1. The lowest BCUT2D eigenvalue weighted by atomic mass is 9.84. The van der Waals surface area contributed by atoms with Gasteiger partial charge in [-0.25, -0.2) is 17.8 Å². The normalized spacial score (nSPS) is 12.9. The predicted octanol–water partition coefficient (Wildman–Crippen LogP) is 4.76. The molecule has 0 bridgehead atoms. The van der Waals surface area contributed by atoms with Crippen molar-refractivity contribution in [3.8, 4) is 0 Å². The first-order valence-corrected chi connectivity index (χ1v) is 16.2. The zero-order valence-corrected chi connectivity index (χ0v) is 27.7. The summed E-state index contributed by atoms with van der Waals surface area (Å²) in [5, 5.41) is 11.5. The fourth-order valence-electron chi connectivity index (χ4n) is 5.69. The number of fused-ring (bicyclic) bond motifs is 1. The Morgan fingerprint density at radius 1 is 1.09 bits per heavy atom. The lowest BCUT2D eigenvalue weighted by Crippen LogP contribution is -2.33. The summed E-state index contributed by atoms with van der Waals surface area (Å²) in [5.74, 6) is -0.640. The van der Waals surface area contributed by atoms with Crippen LogP contribution in [0.15, 0.2) is 59.5 Å². The highest BCUT2D eigenvalue weighted by molar-refractivity contribution is 7.89. The Labute approximate surface area is 260 Å². The maximum atomic E-state index is 13.4. The van der Waals surface area contributed by atoms with Crippen LogP contribution in [0.5, 0.6) is 0 Å². The molecule has 1 atom stereocenters. The van der Waals surface area contributed by atoms with Crippen LogP contribution in [0.2, 0.25) is 0 Å². The molecule has 1 heterocycles. The van der Waals surface area contributed by atoms with E-state index >= 15 is 0 Å². The number of anilines is 1. The number of nitrogens with one attached hydrogen (secondary N) is 2. The van der Waals surface area contributed by atoms with Crippen LogP contribution in [-0.4, -0.2) is 68.6 Å². The van der Waals surface area contributed by atoms with Gasteiger partial charge in [-0.15, -0.1) is 5.10 Å². The molecule has 0 aliphatic heterocycles. The van der Waals surface area contributed by atoms with E-state index in [4.69, 9.17) is 4.74 Å². The van der Waals surface area contributed by atoms with E-state index in [1.165, 1.54) is 0 Å². The monoisotopic (exact) mass is 620 g/mol. The lowest BCUT2D eigenvalue weighted by molar-refractivity contribution is -0.147. The van der Waals surface area contributed by atoms with Crippen LogP contribution >= 0.6 is 0 Å².